The Hall–Kier alpha value is -1.70. The van der Waals surface area contributed by atoms with Crippen LogP contribution in [0.3, 0.4) is 0 Å². The maximum absolute atomic E-state index is 5.75. The topological polar surface area (TPSA) is 41.8 Å². The molecule has 6 heteroatoms. The Morgan fingerprint density at radius 2 is 2.04 bits per heavy atom. The fourth-order valence-corrected chi connectivity index (χ4v) is 2.55. The predicted octanol–water partition coefficient (Wildman–Crippen LogP) is 3.64. The van der Waals surface area contributed by atoms with Crippen molar-refractivity contribution in [2.45, 2.75) is 33.0 Å². The standard InChI is InChI=1S/C19H28N4O.HI/c1-15(2)24-18-10-6-8-16(12-18)13-21-19(20-3)23(5)14-17-9-7-11-22(17)4;/h6-12,15H,13-14H2,1-5H3,(H,20,21);1H. The maximum atomic E-state index is 5.75. The minimum Gasteiger partial charge on any atom is -0.491 e. The largest absolute Gasteiger partial charge is 0.491 e. The van der Waals surface area contributed by atoms with Crippen LogP contribution >= 0.6 is 24.0 Å². The van der Waals surface area contributed by atoms with Crippen molar-refractivity contribution >= 4 is 29.9 Å². The third-order valence-corrected chi connectivity index (χ3v) is 3.74. The molecule has 25 heavy (non-hydrogen) atoms. The minimum absolute atomic E-state index is 0. The summed E-state index contributed by atoms with van der Waals surface area (Å²) >= 11 is 0. The van der Waals surface area contributed by atoms with Crippen LogP contribution in [-0.4, -0.2) is 35.6 Å². The zero-order valence-corrected chi connectivity index (χ0v) is 18.0. The van der Waals surface area contributed by atoms with Crippen molar-refractivity contribution in [3.8, 4) is 5.75 Å². The van der Waals surface area contributed by atoms with Gasteiger partial charge in [-0.3, -0.25) is 4.99 Å². The molecule has 1 aromatic heterocycles. The highest BCUT2D eigenvalue weighted by Gasteiger charge is 2.08. The quantitative estimate of drug-likeness (QED) is 0.410. The zero-order valence-electron chi connectivity index (χ0n) is 15.7. The zero-order chi connectivity index (χ0) is 17.5. The van der Waals surface area contributed by atoms with Gasteiger partial charge in [0.25, 0.3) is 0 Å². The first-order valence-electron chi connectivity index (χ1n) is 8.27. The molecule has 0 radical (unpaired) electrons. The molecule has 0 atom stereocenters. The van der Waals surface area contributed by atoms with E-state index in [1.807, 2.05) is 40.1 Å². The van der Waals surface area contributed by atoms with Crippen molar-refractivity contribution < 1.29 is 4.74 Å². The number of guanidine groups is 1. The number of ether oxygens (including phenoxy) is 1. The molecule has 0 amide bonds. The third-order valence-electron chi connectivity index (χ3n) is 3.74. The number of hydrogen-bond acceptors (Lipinski definition) is 2. The summed E-state index contributed by atoms with van der Waals surface area (Å²) in [5.74, 6) is 1.77. The Morgan fingerprint density at radius 3 is 2.64 bits per heavy atom. The number of aliphatic imine (C=N–C) groups is 1. The second-order valence-corrected chi connectivity index (χ2v) is 6.18. The van der Waals surface area contributed by atoms with Gasteiger partial charge in [-0.15, -0.1) is 24.0 Å². The van der Waals surface area contributed by atoms with E-state index in [0.29, 0.717) is 6.54 Å². The van der Waals surface area contributed by atoms with Gasteiger partial charge in [0.05, 0.1) is 12.6 Å². The number of hydrogen-bond donors (Lipinski definition) is 1. The minimum atomic E-state index is 0. The molecule has 0 fully saturated rings. The van der Waals surface area contributed by atoms with Gasteiger partial charge in [-0.05, 0) is 43.7 Å². The Bertz CT molecular complexity index is 682. The van der Waals surface area contributed by atoms with Crippen LogP contribution in [0, 0.1) is 0 Å². The van der Waals surface area contributed by atoms with E-state index in [1.54, 1.807) is 0 Å². The van der Waals surface area contributed by atoms with Gasteiger partial charge in [0, 0.05) is 39.6 Å². The molecule has 0 aliphatic carbocycles. The lowest BCUT2D eigenvalue weighted by Crippen LogP contribution is -2.38. The van der Waals surface area contributed by atoms with Gasteiger partial charge in [-0.1, -0.05) is 12.1 Å². The van der Waals surface area contributed by atoms with Crippen molar-refractivity contribution in [3.63, 3.8) is 0 Å². The lowest BCUT2D eigenvalue weighted by atomic mass is 10.2. The molecule has 0 aliphatic rings. The molecule has 0 spiro atoms. The Balaban J connectivity index is 0.00000312. The van der Waals surface area contributed by atoms with E-state index in [9.17, 15) is 0 Å². The summed E-state index contributed by atoms with van der Waals surface area (Å²) in [4.78, 5) is 6.49. The third kappa shape index (κ3) is 6.61. The predicted molar refractivity (Wildman–Crippen MR) is 115 cm³/mol. The van der Waals surface area contributed by atoms with Crippen molar-refractivity contribution in [1.82, 2.24) is 14.8 Å². The number of halogens is 1. The van der Waals surface area contributed by atoms with Gasteiger partial charge in [0.2, 0.25) is 0 Å². The van der Waals surface area contributed by atoms with E-state index in [4.69, 9.17) is 4.74 Å². The van der Waals surface area contributed by atoms with Crippen LogP contribution in [0.2, 0.25) is 0 Å². The van der Waals surface area contributed by atoms with E-state index in [2.05, 4.69) is 57.3 Å². The Morgan fingerprint density at radius 1 is 1.28 bits per heavy atom. The summed E-state index contributed by atoms with van der Waals surface area (Å²) in [5, 5.41) is 3.41. The summed E-state index contributed by atoms with van der Waals surface area (Å²) in [6.07, 6.45) is 2.23. The molecule has 0 aliphatic heterocycles. The fourth-order valence-electron chi connectivity index (χ4n) is 2.55. The molecule has 2 aromatic rings. The highest BCUT2D eigenvalue weighted by molar-refractivity contribution is 14.0. The Labute approximate surface area is 168 Å². The van der Waals surface area contributed by atoms with Crippen LogP contribution in [-0.2, 0) is 20.1 Å². The number of aryl methyl sites for hydroxylation is 1. The first kappa shape index (κ1) is 21.3. The average molecular weight is 456 g/mol. The van der Waals surface area contributed by atoms with E-state index < -0.39 is 0 Å². The molecule has 5 nitrogen and oxygen atoms in total. The monoisotopic (exact) mass is 456 g/mol. The number of aromatic nitrogens is 1. The first-order valence-corrected chi connectivity index (χ1v) is 8.27. The van der Waals surface area contributed by atoms with Crippen molar-refractivity contribution in [3.05, 3.63) is 53.9 Å². The lowest BCUT2D eigenvalue weighted by Gasteiger charge is -2.22. The van der Waals surface area contributed by atoms with Crippen molar-refractivity contribution in [2.75, 3.05) is 14.1 Å². The maximum Gasteiger partial charge on any atom is 0.194 e. The van der Waals surface area contributed by atoms with Crippen LogP contribution in [0.15, 0.2) is 47.6 Å². The Kier molecular flexibility index (Phi) is 8.82. The molecule has 2 rings (SSSR count). The molecule has 0 saturated heterocycles. The summed E-state index contributed by atoms with van der Waals surface area (Å²) in [7, 11) is 5.91. The van der Waals surface area contributed by atoms with E-state index >= 15 is 0 Å². The fraction of sp³-hybridized carbons (Fsp3) is 0.421. The highest BCUT2D eigenvalue weighted by Crippen LogP contribution is 2.15. The molecule has 1 N–H and O–H groups in total. The van der Waals surface area contributed by atoms with Gasteiger partial charge < -0.3 is 19.5 Å². The van der Waals surface area contributed by atoms with Gasteiger partial charge in [0.1, 0.15) is 5.75 Å². The number of benzene rings is 1. The summed E-state index contributed by atoms with van der Waals surface area (Å²) in [6, 6.07) is 12.3. The van der Waals surface area contributed by atoms with E-state index in [0.717, 1.165) is 18.3 Å². The summed E-state index contributed by atoms with van der Waals surface area (Å²) in [6.45, 7) is 5.58. The molecule has 0 unspecified atom stereocenters. The normalized spacial score (nSPS) is 11.2. The average Bonchev–Trinajstić information content (AvgIpc) is 2.93. The van der Waals surface area contributed by atoms with Crippen LogP contribution < -0.4 is 10.1 Å². The van der Waals surface area contributed by atoms with E-state index in [1.165, 1.54) is 11.3 Å². The molecule has 1 heterocycles. The summed E-state index contributed by atoms with van der Waals surface area (Å²) < 4.78 is 7.87. The van der Waals surface area contributed by atoms with Crippen LogP contribution in [0.1, 0.15) is 25.1 Å². The first-order chi connectivity index (χ1) is 11.5. The molecule has 0 bridgehead atoms. The molecule has 1 aromatic carbocycles. The smallest absolute Gasteiger partial charge is 0.194 e. The van der Waals surface area contributed by atoms with Gasteiger partial charge in [0.15, 0.2) is 5.96 Å². The van der Waals surface area contributed by atoms with Gasteiger partial charge in [-0.2, -0.15) is 0 Å². The van der Waals surface area contributed by atoms with Crippen molar-refractivity contribution in [2.24, 2.45) is 12.0 Å². The summed E-state index contributed by atoms with van der Waals surface area (Å²) in [5.41, 5.74) is 2.41. The SMILES string of the molecule is CN=C(NCc1cccc(OC(C)C)c1)N(C)Cc1cccn1C.I. The lowest BCUT2D eigenvalue weighted by molar-refractivity contribution is 0.242. The second kappa shape index (κ2) is 10.3. The van der Waals surface area contributed by atoms with Crippen LogP contribution in [0.25, 0.3) is 0 Å². The number of rotatable bonds is 6. The highest BCUT2D eigenvalue weighted by atomic mass is 127. The van der Waals surface area contributed by atoms with Crippen molar-refractivity contribution in [1.29, 1.82) is 0 Å². The second-order valence-electron chi connectivity index (χ2n) is 6.18. The molecular weight excluding hydrogens is 427 g/mol. The molecule has 0 saturated carbocycles. The van der Waals surface area contributed by atoms with Gasteiger partial charge in [-0.25, -0.2) is 0 Å². The van der Waals surface area contributed by atoms with Crippen LogP contribution in [0.5, 0.6) is 5.75 Å². The van der Waals surface area contributed by atoms with Crippen LogP contribution in [0.4, 0.5) is 0 Å². The number of nitrogens with one attached hydrogen (secondary N) is 1. The van der Waals surface area contributed by atoms with E-state index in [-0.39, 0.29) is 30.1 Å². The molecule has 138 valence electrons. The van der Waals surface area contributed by atoms with Gasteiger partial charge >= 0.3 is 0 Å². The molecular formula is C19H29IN4O. The number of nitrogens with zero attached hydrogens (tertiary/aromatic N) is 3.